The first-order valence-corrected chi connectivity index (χ1v) is 4.38. The maximum absolute atomic E-state index is 8.64. The molecule has 0 fully saturated rings. The fourth-order valence-corrected chi connectivity index (χ4v) is 0.894. The van der Waals surface area contributed by atoms with Gasteiger partial charge in [-0.25, -0.2) is 0 Å². The molecule has 0 bridgehead atoms. The van der Waals surface area contributed by atoms with Crippen LogP contribution in [-0.2, 0) is 0 Å². The summed E-state index contributed by atoms with van der Waals surface area (Å²) in [6.45, 7) is 8.07. The van der Waals surface area contributed by atoms with Crippen molar-refractivity contribution in [2.75, 3.05) is 0 Å². The highest BCUT2D eigenvalue weighted by Crippen LogP contribution is 2.13. The van der Waals surface area contributed by atoms with Crippen LogP contribution >= 0.6 is 0 Å². The molecule has 0 aliphatic rings. The number of nitrogens with zero attached hydrogens (tertiary/aromatic N) is 1. The van der Waals surface area contributed by atoms with Crippen molar-refractivity contribution in [1.82, 2.24) is 0 Å². The van der Waals surface area contributed by atoms with Gasteiger partial charge in [0.25, 0.3) is 0 Å². The van der Waals surface area contributed by atoms with Crippen LogP contribution in [0.2, 0.25) is 0 Å². The second kappa shape index (κ2) is 5.60. The van der Waals surface area contributed by atoms with Crippen molar-refractivity contribution in [1.29, 1.82) is 5.26 Å². The second-order valence-corrected chi connectivity index (χ2v) is 3.04. The molecule has 0 saturated carbocycles. The summed E-state index contributed by atoms with van der Waals surface area (Å²) >= 11 is 0. The SMILES string of the molecule is CCCC=C(C)C(C)=C(C)C#N. The standard InChI is InChI=1S/C11H17N/c1-5-6-7-9(2)11(4)10(3)8-12/h7H,5-6H2,1-4H3. The summed E-state index contributed by atoms with van der Waals surface area (Å²) in [5.74, 6) is 0. The number of hydrogen-bond acceptors (Lipinski definition) is 1. The Bertz CT molecular complexity index is 238. The average Bonchev–Trinajstić information content (AvgIpc) is 2.11. The van der Waals surface area contributed by atoms with Crippen LogP contribution in [-0.4, -0.2) is 0 Å². The van der Waals surface area contributed by atoms with Crippen LogP contribution in [0.15, 0.2) is 22.8 Å². The zero-order valence-electron chi connectivity index (χ0n) is 8.44. The smallest absolute Gasteiger partial charge is 0.0946 e. The third-order valence-corrected chi connectivity index (χ3v) is 2.06. The van der Waals surface area contributed by atoms with Gasteiger partial charge in [-0.1, -0.05) is 25.0 Å². The molecule has 0 N–H and O–H groups in total. The van der Waals surface area contributed by atoms with Crippen LogP contribution in [0, 0.1) is 11.3 Å². The first-order valence-electron chi connectivity index (χ1n) is 4.38. The number of unbranched alkanes of at least 4 members (excludes halogenated alkanes) is 1. The Kier molecular flexibility index (Phi) is 5.12. The van der Waals surface area contributed by atoms with Gasteiger partial charge < -0.3 is 0 Å². The summed E-state index contributed by atoms with van der Waals surface area (Å²) in [4.78, 5) is 0. The van der Waals surface area contributed by atoms with Crippen molar-refractivity contribution in [2.24, 2.45) is 0 Å². The van der Waals surface area contributed by atoms with Crippen LogP contribution < -0.4 is 0 Å². The predicted octanol–water partition coefficient (Wildman–Crippen LogP) is 3.59. The highest BCUT2D eigenvalue weighted by Gasteiger charge is 1.96. The minimum atomic E-state index is 0.819. The lowest BCUT2D eigenvalue weighted by molar-refractivity contribution is 0.949. The van der Waals surface area contributed by atoms with E-state index in [1.807, 2.05) is 13.8 Å². The summed E-state index contributed by atoms with van der Waals surface area (Å²) in [5.41, 5.74) is 3.17. The summed E-state index contributed by atoms with van der Waals surface area (Å²) in [7, 11) is 0. The van der Waals surface area contributed by atoms with Crippen molar-refractivity contribution in [3.05, 3.63) is 22.8 Å². The van der Waals surface area contributed by atoms with Crippen molar-refractivity contribution < 1.29 is 0 Å². The van der Waals surface area contributed by atoms with E-state index < -0.39 is 0 Å². The number of allylic oxidation sites excluding steroid dienone is 4. The highest BCUT2D eigenvalue weighted by molar-refractivity contribution is 5.37. The lowest BCUT2D eigenvalue weighted by Crippen LogP contribution is -1.84. The van der Waals surface area contributed by atoms with Gasteiger partial charge in [0.2, 0.25) is 0 Å². The maximum atomic E-state index is 8.64. The molecule has 1 nitrogen and oxygen atoms in total. The second-order valence-electron chi connectivity index (χ2n) is 3.04. The molecule has 0 aromatic rings. The fraction of sp³-hybridized carbons (Fsp3) is 0.545. The molecule has 0 atom stereocenters. The summed E-state index contributed by atoms with van der Waals surface area (Å²) in [6.07, 6.45) is 4.45. The molecule has 0 unspecified atom stereocenters. The van der Waals surface area contributed by atoms with Gasteiger partial charge in [0, 0.05) is 5.57 Å². The Morgan fingerprint density at radius 2 is 1.92 bits per heavy atom. The van der Waals surface area contributed by atoms with Gasteiger partial charge in [0.1, 0.15) is 0 Å². The number of rotatable bonds is 3. The Morgan fingerprint density at radius 1 is 1.33 bits per heavy atom. The molecule has 66 valence electrons. The van der Waals surface area contributed by atoms with E-state index in [0.717, 1.165) is 24.0 Å². The van der Waals surface area contributed by atoms with Crippen LogP contribution in [0.1, 0.15) is 40.5 Å². The first-order chi connectivity index (χ1) is 5.63. The molecule has 0 heterocycles. The van der Waals surface area contributed by atoms with Crippen molar-refractivity contribution in [2.45, 2.75) is 40.5 Å². The zero-order valence-corrected chi connectivity index (χ0v) is 8.44. The van der Waals surface area contributed by atoms with E-state index in [2.05, 4.69) is 26.0 Å². The molecule has 0 aromatic carbocycles. The molecular weight excluding hydrogens is 146 g/mol. The zero-order chi connectivity index (χ0) is 9.56. The third kappa shape index (κ3) is 3.39. The molecule has 0 spiro atoms. The van der Waals surface area contributed by atoms with Crippen LogP contribution in [0.5, 0.6) is 0 Å². The largest absolute Gasteiger partial charge is 0.193 e. The molecule has 12 heavy (non-hydrogen) atoms. The lowest BCUT2D eigenvalue weighted by Gasteiger charge is -2.01. The average molecular weight is 163 g/mol. The normalized spacial score (nSPS) is 13.8. The summed E-state index contributed by atoms with van der Waals surface area (Å²) in [6, 6.07) is 2.16. The van der Waals surface area contributed by atoms with E-state index in [1.54, 1.807) is 0 Å². The van der Waals surface area contributed by atoms with Gasteiger partial charge in [-0.15, -0.1) is 0 Å². The molecule has 1 heteroatoms. The quantitative estimate of drug-likeness (QED) is 0.460. The Balaban J connectivity index is 4.50. The minimum absolute atomic E-state index is 0.819. The van der Waals surface area contributed by atoms with E-state index in [9.17, 15) is 0 Å². The van der Waals surface area contributed by atoms with Crippen LogP contribution in [0.4, 0.5) is 0 Å². The Morgan fingerprint density at radius 3 is 2.33 bits per heavy atom. The molecule has 0 rings (SSSR count). The van der Waals surface area contributed by atoms with Crippen molar-refractivity contribution in [3.8, 4) is 6.07 Å². The molecule has 0 saturated heterocycles. The molecular formula is C11H17N. The van der Waals surface area contributed by atoms with E-state index >= 15 is 0 Å². The predicted molar refractivity (Wildman–Crippen MR) is 52.7 cm³/mol. The number of nitriles is 1. The van der Waals surface area contributed by atoms with E-state index in [4.69, 9.17) is 5.26 Å². The van der Waals surface area contributed by atoms with Gasteiger partial charge in [-0.3, -0.25) is 0 Å². The summed E-state index contributed by atoms with van der Waals surface area (Å²) < 4.78 is 0. The minimum Gasteiger partial charge on any atom is -0.193 e. The lowest BCUT2D eigenvalue weighted by atomic mass is 10.0. The van der Waals surface area contributed by atoms with Crippen LogP contribution in [0.25, 0.3) is 0 Å². The molecule has 0 amide bonds. The fourth-order valence-electron chi connectivity index (χ4n) is 0.894. The van der Waals surface area contributed by atoms with Crippen molar-refractivity contribution >= 4 is 0 Å². The van der Waals surface area contributed by atoms with Gasteiger partial charge in [0.05, 0.1) is 6.07 Å². The van der Waals surface area contributed by atoms with Gasteiger partial charge in [0.15, 0.2) is 0 Å². The third-order valence-electron chi connectivity index (χ3n) is 2.06. The van der Waals surface area contributed by atoms with E-state index in [1.165, 1.54) is 5.57 Å². The van der Waals surface area contributed by atoms with Crippen LogP contribution in [0.3, 0.4) is 0 Å². The van der Waals surface area contributed by atoms with E-state index in [0.29, 0.717) is 0 Å². The Hall–Kier alpha value is -1.03. The highest BCUT2D eigenvalue weighted by atomic mass is 14.2. The first kappa shape index (κ1) is 11.0. The molecule has 0 aliphatic heterocycles. The van der Waals surface area contributed by atoms with Crippen molar-refractivity contribution in [3.63, 3.8) is 0 Å². The topological polar surface area (TPSA) is 23.8 Å². The van der Waals surface area contributed by atoms with Gasteiger partial charge in [-0.2, -0.15) is 5.26 Å². The molecule has 0 aromatic heterocycles. The molecule has 0 radical (unpaired) electrons. The maximum Gasteiger partial charge on any atom is 0.0946 e. The summed E-state index contributed by atoms with van der Waals surface area (Å²) in [5, 5.41) is 8.64. The van der Waals surface area contributed by atoms with Gasteiger partial charge in [-0.05, 0) is 32.8 Å². The monoisotopic (exact) mass is 163 g/mol. The Labute approximate surface area is 75.4 Å². The molecule has 0 aliphatic carbocycles. The number of hydrogen-bond donors (Lipinski definition) is 0. The van der Waals surface area contributed by atoms with E-state index in [-0.39, 0.29) is 0 Å². The van der Waals surface area contributed by atoms with Gasteiger partial charge >= 0.3 is 0 Å².